The van der Waals surface area contributed by atoms with Gasteiger partial charge in [0.05, 0.1) is 18.5 Å². The van der Waals surface area contributed by atoms with Crippen molar-refractivity contribution >= 4 is 5.84 Å². The molecule has 3 heteroatoms. The lowest BCUT2D eigenvalue weighted by molar-refractivity contribution is 0.117. The highest BCUT2D eigenvalue weighted by Crippen LogP contribution is 2.23. The molecular weight excluding hydrogens is 188 g/mol. The van der Waals surface area contributed by atoms with Crippen LogP contribution >= 0.6 is 0 Å². The molecule has 1 heterocycles. The quantitative estimate of drug-likeness (QED) is 0.573. The molecule has 86 valence electrons. The normalized spacial score (nSPS) is 29.6. The van der Waals surface area contributed by atoms with E-state index in [4.69, 9.17) is 10.5 Å². The van der Waals surface area contributed by atoms with E-state index in [9.17, 15) is 0 Å². The van der Waals surface area contributed by atoms with Crippen LogP contribution in [0, 0.1) is 5.92 Å². The van der Waals surface area contributed by atoms with Crippen LogP contribution in [0.1, 0.15) is 44.9 Å². The van der Waals surface area contributed by atoms with Crippen LogP contribution in [-0.4, -0.2) is 25.1 Å². The van der Waals surface area contributed by atoms with E-state index in [1.807, 2.05) is 0 Å². The topological polar surface area (TPSA) is 47.6 Å². The Labute approximate surface area is 92.1 Å². The van der Waals surface area contributed by atoms with Crippen molar-refractivity contribution in [3.63, 3.8) is 0 Å². The van der Waals surface area contributed by atoms with Gasteiger partial charge >= 0.3 is 0 Å². The van der Waals surface area contributed by atoms with Crippen molar-refractivity contribution in [1.29, 1.82) is 0 Å². The van der Waals surface area contributed by atoms with Gasteiger partial charge < -0.3 is 10.5 Å². The average molecular weight is 210 g/mol. The summed E-state index contributed by atoms with van der Waals surface area (Å²) in [6.45, 7) is 1.69. The van der Waals surface area contributed by atoms with E-state index in [1.165, 1.54) is 38.5 Å². The molecule has 1 atom stereocenters. The second-order valence-corrected chi connectivity index (χ2v) is 4.74. The van der Waals surface area contributed by atoms with Gasteiger partial charge in [0.1, 0.15) is 0 Å². The number of hydrogen-bond donors (Lipinski definition) is 1. The summed E-state index contributed by atoms with van der Waals surface area (Å²) in [4.78, 5) is 4.50. The molecule has 3 nitrogen and oxygen atoms in total. The minimum Gasteiger partial charge on any atom is -0.387 e. The zero-order valence-corrected chi connectivity index (χ0v) is 9.45. The van der Waals surface area contributed by atoms with Gasteiger partial charge in [0.25, 0.3) is 0 Å². The maximum absolute atomic E-state index is 6.02. The second-order valence-electron chi connectivity index (χ2n) is 4.74. The fraction of sp³-hybridized carbons (Fsp3) is 0.917. The maximum atomic E-state index is 6.02. The molecule has 2 fully saturated rings. The number of nitrogens with two attached hydrogens (primary N) is 1. The molecule has 2 N–H and O–H groups in total. The van der Waals surface area contributed by atoms with Crippen molar-refractivity contribution < 1.29 is 4.74 Å². The van der Waals surface area contributed by atoms with Gasteiger partial charge in [-0.1, -0.05) is 19.3 Å². The van der Waals surface area contributed by atoms with Crippen LogP contribution in [0.5, 0.6) is 0 Å². The van der Waals surface area contributed by atoms with E-state index in [0.29, 0.717) is 12.0 Å². The highest BCUT2D eigenvalue weighted by Gasteiger charge is 2.18. The zero-order chi connectivity index (χ0) is 10.5. The van der Waals surface area contributed by atoms with Crippen LogP contribution in [0.2, 0.25) is 0 Å². The first-order valence-electron chi connectivity index (χ1n) is 6.27. The van der Waals surface area contributed by atoms with Gasteiger partial charge in [-0.3, -0.25) is 4.99 Å². The smallest absolute Gasteiger partial charge is 0.0969 e. The van der Waals surface area contributed by atoms with Crippen molar-refractivity contribution in [2.45, 2.75) is 51.0 Å². The van der Waals surface area contributed by atoms with Crippen molar-refractivity contribution in [3.05, 3.63) is 0 Å². The Hall–Kier alpha value is -0.570. The average Bonchev–Trinajstić information content (AvgIpc) is 2.80. The Morgan fingerprint density at radius 2 is 1.93 bits per heavy atom. The number of ether oxygens (including phenoxy) is 1. The lowest BCUT2D eigenvalue weighted by atomic mass is 9.88. The third-order valence-electron chi connectivity index (χ3n) is 3.52. The summed E-state index contributed by atoms with van der Waals surface area (Å²) in [6, 6.07) is 0. The van der Waals surface area contributed by atoms with Gasteiger partial charge in [0.15, 0.2) is 0 Å². The second kappa shape index (κ2) is 5.50. The summed E-state index contributed by atoms with van der Waals surface area (Å²) in [5, 5.41) is 0. The highest BCUT2D eigenvalue weighted by molar-refractivity contribution is 5.82. The molecular formula is C12H22N2O. The lowest BCUT2D eigenvalue weighted by Crippen LogP contribution is -2.27. The summed E-state index contributed by atoms with van der Waals surface area (Å²) < 4.78 is 5.53. The third-order valence-corrected chi connectivity index (χ3v) is 3.52. The molecule has 0 aromatic carbocycles. The first kappa shape index (κ1) is 10.9. The number of aliphatic imine (C=N–C) groups is 1. The molecule has 15 heavy (non-hydrogen) atoms. The highest BCUT2D eigenvalue weighted by atomic mass is 16.5. The summed E-state index contributed by atoms with van der Waals surface area (Å²) in [7, 11) is 0. The van der Waals surface area contributed by atoms with Crippen LogP contribution < -0.4 is 5.73 Å². The van der Waals surface area contributed by atoms with Gasteiger partial charge in [-0.25, -0.2) is 0 Å². The molecule has 2 rings (SSSR count). The van der Waals surface area contributed by atoms with Crippen LogP contribution in [0.25, 0.3) is 0 Å². The molecule has 1 saturated carbocycles. The van der Waals surface area contributed by atoms with E-state index in [1.54, 1.807) is 0 Å². The van der Waals surface area contributed by atoms with Crippen LogP contribution in [0.15, 0.2) is 4.99 Å². The fourth-order valence-electron chi connectivity index (χ4n) is 2.52. The largest absolute Gasteiger partial charge is 0.387 e. The number of rotatable bonds is 3. The first-order chi connectivity index (χ1) is 7.36. The summed E-state index contributed by atoms with van der Waals surface area (Å²) in [6.07, 6.45) is 9.16. The number of nitrogens with zero attached hydrogens (tertiary/aromatic N) is 1. The van der Waals surface area contributed by atoms with Gasteiger partial charge in [-0.2, -0.15) is 0 Å². The van der Waals surface area contributed by atoms with E-state index in [2.05, 4.69) is 4.99 Å². The van der Waals surface area contributed by atoms with Crippen LogP contribution in [-0.2, 0) is 4.74 Å². The van der Waals surface area contributed by atoms with Crippen LogP contribution in [0.4, 0.5) is 0 Å². The fourth-order valence-corrected chi connectivity index (χ4v) is 2.52. The van der Waals surface area contributed by atoms with E-state index in [-0.39, 0.29) is 0 Å². The first-order valence-corrected chi connectivity index (χ1v) is 6.27. The predicted octanol–water partition coefficient (Wildman–Crippen LogP) is 2.10. The molecule has 0 amide bonds. The summed E-state index contributed by atoms with van der Waals surface area (Å²) in [5.41, 5.74) is 6.02. The number of hydrogen-bond acceptors (Lipinski definition) is 2. The van der Waals surface area contributed by atoms with Gasteiger partial charge in [0.2, 0.25) is 0 Å². The third kappa shape index (κ3) is 3.20. The summed E-state index contributed by atoms with van der Waals surface area (Å²) in [5.74, 6) is 1.44. The Morgan fingerprint density at radius 3 is 2.60 bits per heavy atom. The standard InChI is InChI=1S/C12H22N2O/c13-12(10-5-2-1-3-6-10)14-9-11-7-4-8-15-11/h10-11H,1-9H2,(H2,13,14). The van der Waals surface area contributed by atoms with Crippen molar-refractivity contribution in [2.24, 2.45) is 16.6 Å². The molecule has 1 aliphatic carbocycles. The molecule has 0 radical (unpaired) electrons. The minimum atomic E-state index is 0.340. The molecule has 1 saturated heterocycles. The summed E-state index contributed by atoms with van der Waals surface area (Å²) >= 11 is 0. The molecule has 0 aromatic rings. The Morgan fingerprint density at radius 1 is 1.13 bits per heavy atom. The maximum Gasteiger partial charge on any atom is 0.0969 e. The number of amidine groups is 1. The Bertz CT molecular complexity index is 216. The van der Waals surface area contributed by atoms with E-state index in [0.717, 1.165) is 25.4 Å². The molecule has 1 aliphatic heterocycles. The van der Waals surface area contributed by atoms with E-state index >= 15 is 0 Å². The minimum absolute atomic E-state index is 0.340. The van der Waals surface area contributed by atoms with Crippen molar-refractivity contribution in [2.75, 3.05) is 13.2 Å². The van der Waals surface area contributed by atoms with Crippen LogP contribution in [0.3, 0.4) is 0 Å². The molecule has 0 bridgehead atoms. The monoisotopic (exact) mass is 210 g/mol. The Balaban J connectivity index is 1.77. The van der Waals surface area contributed by atoms with Gasteiger partial charge in [-0.15, -0.1) is 0 Å². The van der Waals surface area contributed by atoms with Crippen molar-refractivity contribution in [1.82, 2.24) is 0 Å². The Kier molecular flexibility index (Phi) is 4.01. The molecule has 0 spiro atoms. The zero-order valence-electron chi connectivity index (χ0n) is 9.45. The lowest BCUT2D eigenvalue weighted by Gasteiger charge is -2.21. The van der Waals surface area contributed by atoms with Gasteiger partial charge in [-0.05, 0) is 25.7 Å². The predicted molar refractivity (Wildman–Crippen MR) is 62.0 cm³/mol. The molecule has 1 unspecified atom stereocenters. The molecule has 0 aromatic heterocycles. The van der Waals surface area contributed by atoms with Crippen molar-refractivity contribution in [3.8, 4) is 0 Å². The van der Waals surface area contributed by atoms with E-state index < -0.39 is 0 Å². The molecule has 2 aliphatic rings. The van der Waals surface area contributed by atoms with Gasteiger partial charge in [0, 0.05) is 12.5 Å². The SMILES string of the molecule is NC(=NCC1CCCO1)C1CCCCC1.